The summed E-state index contributed by atoms with van der Waals surface area (Å²) in [6.07, 6.45) is -0.625. The maximum absolute atomic E-state index is 13.1. The normalized spacial score (nSPS) is 18.0. The molecule has 1 atom stereocenters. The van der Waals surface area contributed by atoms with Crippen LogP contribution in [0.25, 0.3) is 0 Å². The number of rotatable bonds is 5. The van der Waals surface area contributed by atoms with Crippen molar-refractivity contribution in [3.63, 3.8) is 0 Å². The topological polar surface area (TPSA) is 89.9 Å². The highest BCUT2D eigenvalue weighted by atomic mass is 19.3. The number of piperidine rings is 1. The van der Waals surface area contributed by atoms with E-state index in [-0.39, 0.29) is 44.6 Å². The number of likely N-dealkylation sites (tertiary alicyclic amines) is 1. The van der Waals surface area contributed by atoms with Gasteiger partial charge in [0.1, 0.15) is 5.75 Å². The van der Waals surface area contributed by atoms with Gasteiger partial charge >= 0.3 is 12.0 Å². The van der Waals surface area contributed by atoms with Crippen LogP contribution in [0.4, 0.5) is 13.6 Å². The lowest BCUT2D eigenvalue weighted by molar-refractivity contribution is -0.141. The van der Waals surface area contributed by atoms with Gasteiger partial charge in [-0.25, -0.2) is 13.6 Å². The zero-order chi connectivity index (χ0) is 17.7. The van der Waals surface area contributed by atoms with E-state index in [2.05, 4.69) is 5.32 Å². The molecule has 8 heteroatoms. The molecule has 1 unspecified atom stereocenters. The van der Waals surface area contributed by atoms with Crippen molar-refractivity contribution in [2.45, 2.75) is 25.2 Å². The van der Waals surface area contributed by atoms with Crippen molar-refractivity contribution in [1.82, 2.24) is 10.2 Å². The van der Waals surface area contributed by atoms with E-state index < -0.39 is 23.8 Å². The van der Waals surface area contributed by atoms with Crippen LogP contribution >= 0.6 is 0 Å². The molecule has 24 heavy (non-hydrogen) atoms. The van der Waals surface area contributed by atoms with E-state index in [1.165, 1.54) is 17.0 Å². The standard InChI is InChI=1S/C16H20F2N2O4/c17-16(18)4-6-20(7-5-16)15(24)19-10-12(14(22)23)8-11-2-1-3-13(21)9-11/h1-3,9,12,21H,4-8,10H2,(H,19,24)(H,22,23). The summed E-state index contributed by atoms with van der Waals surface area (Å²) in [4.78, 5) is 24.6. The molecule has 0 spiro atoms. The minimum atomic E-state index is -2.74. The molecular formula is C16H20F2N2O4. The van der Waals surface area contributed by atoms with Crippen molar-refractivity contribution in [1.29, 1.82) is 0 Å². The Morgan fingerprint density at radius 2 is 1.96 bits per heavy atom. The number of benzene rings is 1. The second kappa shape index (κ2) is 7.46. The molecule has 0 saturated carbocycles. The summed E-state index contributed by atoms with van der Waals surface area (Å²) in [5.74, 6) is -4.66. The number of carboxylic acid groups (broad SMARTS) is 1. The molecular weight excluding hydrogens is 322 g/mol. The van der Waals surface area contributed by atoms with Gasteiger partial charge in [0.2, 0.25) is 0 Å². The molecule has 1 aliphatic rings. The largest absolute Gasteiger partial charge is 0.508 e. The van der Waals surface area contributed by atoms with Crippen LogP contribution in [0.15, 0.2) is 24.3 Å². The molecule has 1 aromatic rings. The van der Waals surface area contributed by atoms with Gasteiger partial charge in [-0.1, -0.05) is 12.1 Å². The van der Waals surface area contributed by atoms with Crippen LogP contribution in [0.2, 0.25) is 0 Å². The highest BCUT2D eigenvalue weighted by Crippen LogP contribution is 2.27. The first-order valence-corrected chi connectivity index (χ1v) is 7.68. The number of phenolic OH excluding ortho intramolecular Hbond substituents is 1. The number of carbonyl (C=O) groups is 2. The number of amides is 2. The van der Waals surface area contributed by atoms with Gasteiger partial charge in [0.15, 0.2) is 0 Å². The average Bonchev–Trinajstić information content (AvgIpc) is 2.50. The first kappa shape index (κ1) is 18.0. The number of carbonyl (C=O) groups excluding carboxylic acids is 1. The van der Waals surface area contributed by atoms with Gasteiger partial charge in [0.05, 0.1) is 5.92 Å². The lowest BCUT2D eigenvalue weighted by Gasteiger charge is -2.32. The zero-order valence-corrected chi connectivity index (χ0v) is 13.0. The average molecular weight is 342 g/mol. The molecule has 1 aliphatic heterocycles. The van der Waals surface area contributed by atoms with E-state index in [0.29, 0.717) is 5.56 Å². The van der Waals surface area contributed by atoms with Crippen LogP contribution in [-0.4, -0.2) is 52.7 Å². The molecule has 0 aromatic heterocycles. The van der Waals surface area contributed by atoms with Crippen molar-refractivity contribution in [3.05, 3.63) is 29.8 Å². The van der Waals surface area contributed by atoms with E-state index in [1.54, 1.807) is 12.1 Å². The first-order chi connectivity index (χ1) is 11.3. The summed E-state index contributed by atoms with van der Waals surface area (Å²) < 4.78 is 26.2. The zero-order valence-electron chi connectivity index (χ0n) is 13.0. The number of urea groups is 1. The Morgan fingerprint density at radius 3 is 2.54 bits per heavy atom. The van der Waals surface area contributed by atoms with E-state index >= 15 is 0 Å². The van der Waals surface area contributed by atoms with Crippen LogP contribution in [0.3, 0.4) is 0 Å². The molecule has 1 saturated heterocycles. The Hall–Kier alpha value is -2.38. The van der Waals surface area contributed by atoms with E-state index in [1.807, 2.05) is 0 Å². The molecule has 2 rings (SSSR count). The van der Waals surface area contributed by atoms with Crippen LogP contribution in [-0.2, 0) is 11.2 Å². The lowest BCUT2D eigenvalue weighted by Crippen LogP contribution is -2.48. The van der Waals surface area contributed by atoms with Gasteiger partial charge in [-0.15, -0.1) is 0 Å². The third-order valence-corrected chi connectivity index (χ3v) is 4.02. The molecule has 2 amide bonds. The summed E-state index contributed by atoms with van der Waals surface area (Å²) in [7, 11) is 0. The van der Waals surface area contributed by atoms with E-state index in [0.717, 1.165) is 0 Å². The number of nitrogens with one attached hydrogen (secondary N) is 1. The molecule has 6 nitrogen and oxygen atoms in total. The van der Waals surface area contributed by atoms with Gasteiger partial charge in [-0.3, -0.25) is 4.79 Å². The van der Waals surface area contributed by atoms with Crippen LogP contribution < -0.4 is 5.32 Å². The summed E-state index contributed by atoms with van der Waals surface area (Å²) in [6.45, 7) is -0.219. The van der Waals surface area contributed by atoms with Gasteiger partial charge in [0.25, 0.3) is 5.92 Å². The van der Waals surface area contributed by atoms with Crippen molar-refractivity contribution in [2.24, 2.45) is 5.92 Å². The maximum atomic E-state index is 13.1. The molecule has 132 valence electrons. The molecule has 1 heterocycles. The summed E-state index contributed by atoms with van der Waals surface area (Å²) >= 11 is 0. The predicted molar refractivity (Wildman–Crippen MR) is 82.1 cm³/mol. The fourth-order valence-corrected chi connectivity index (χ4v) is 2.57. The van der Waals surface area contributed by atoms with Crippen molar-refractivity contribution in [3.8, 4) is 5.75 Å². The third kappa shape index (κ3) is 5.07. The van der Waals surface area contributed by atoms with Crippen LogP contribution in [0, 0.1) is 5.92 Å². The van der Waals surface area contributed by atoms with Gasteiger partial charge < -0.3 is 20.4 Å². The van der Waals surface area contributed by atoms with Crippen molar-refractivity contribution >= 4 is 12.0 Å². The minimum Gasteiger partial charge on any atom is -0.508 e. The van der Waals surface area contributed by atoms with Crippen LogP contribution in [0.1, 0.15) is 18.4 Å². The number of carboxylic acids is 1. The quantitative estimate of drug-likeness (QED) is 0.764. The third-order valence-electron chi connectivity index (χ3n) is 4.02. The Bertz CT molecular complexity index is 599. The van der Waals surface area contributed by atoms with Gasteiger partial charge in [-0.2, -0.15) is 0 Å². The number of aromatic hydroxyl groups is 1. The molecule has 0 radical (unpaired) electrons. The smallest absolute Gasteiger partial charge is 0.317 e. The highest BCUT2D eigenvalue weighted by molar-refractivity contribution is 5.76. The fourth-order valence-electron chi connectivity index (χ4n) is 2.57. The molecule has 0 aliphatic carbocycles. The Balaban J connectivity index is 1.87. The second-order valence-electron chi connectivity index (χ2n) is 5.94. The number of nitrogens with zero attached hydrogens (tertiary/aromatic N) is 1. The molecule has 0 bridgehead atoms. The minimum absolute atomic E-state index is 0.0370. The highest BCUT2D eigenvalue weighted by Gasteiger charge is 2.35. The first-order valence-electron chi connectivity index (χ1n) is 7.68. The molecule has 1 aromatic carbocycles. The molecule has 3 N–H and O–H groups in total. The van der Waals surface area contributed by atoms with Crippen LogP contribution in [0.5, 0.6) is 5.75 Å². The number of halogens is 2. The molecule has 1 fully saturated rings. The van der Waals surface area contributed by atoms with E-state index in [9.17, 15) is 28.6 Å². The monoisotopic (exact) mass is 342 g/mol. The van der Waals surface area contributed by atoms with E-state index in [4.69, 9.17) is 0 Å². The van der Waals surface area contributed by atoms with Gasteiger partial charge in [0, 0.05) is 32.5 Å². The van der Waals surface area contributed by atoms with Gasteiger partial charge in [-0.05, 0) is 24.1 Å². The number of aliphatic carboxylic acids is 1. The summed E-state index contributed by atoms with van der Waals surface area (Å²) in [5.41, 5.74) is 0.634. The van der Waals surface area contributed by atoms with Crippen molar-refractivity contribution in [2.75, 3.05) is 19.6 Å². The maximum Gasteiger partial charge on any atom is 0.317 e. The lowest BCUT2D eigenvalue weighted by atomic mass is 9.99. The second-order valence-corrected chi connectivity index (χ2v) is 5.94. The Morgan fingerprint density at radius 1 is 1.29 bits per heavy atom. The number of alkyl halides is 2. The van der Waals surface area contributed by atoms with Crippen molar-refractivity contribution < 1.29 is 28.6 Å². The summed E-state index contributed by atoms with van der Waals surface area (Å²) in [5, 5.41) is 21.2. The fraction of sp³-hybridized carbons (Fsp3) is 0.500. The number of hydrogen-bond acceptors (Lipinski definition) is 3. The number of phenols is 1. The SMILES string of the molecule is O=C(O)C(CNC(=O)N1CCC(F)(F)CC1)Cc1cccc(O)c1. The number of hydrogen-bond donors (Lipinski definition) is 3. The Kier molecular flexibility index (Phi) is 5.58. The predicted octanol–water partition coefficient (Wildman–Crippen LogP) is 2.08. The summed E-state index contributed by atoms with van der Waals surface area (Å²) in [6, 6.07) is 5.70. The Labute approximate surface area is 138 Å².